The van der Waals surface area contributed by atoms with Crippen LogP contribution in [0, 0.1) is 0 Å². The molecule has 118 valence electrons. The fraction of sp³-hybridized carbons (Fsp3) is 0.533. The van der Waals surface area contributed by atoms with E-state index < -0.39 is 27.7 Å². The Morgan fingerprint density at radius 3 is 2.38 bits per heavy atom. The molecule has 0 radical (unpaired) electrons. The van der Waals surface area contributed by atoms with Crippen molar-refractivity contribution in [1.82, 2.24) is 4.72 Å². The zero-order valence-electron chi connectivity index (χ0n) is 12.8. The van der Waals surface area contributed by atoms with Gasteiger partial charge in [-0.3, -0.25) is 4.79 Å². The highest BCUT2D eigenvalue weighted by molar-refractivity contribution is 7.84. The van der Waals surface area contributed by atoms with Crippen LogP contribution in [-0.4, -0.2) is 27.6 Å². The molecule has 4 nitrogen and oxygen atoms in total. The van der Waals surface area contributed by atoms with Gasteiger partial charge in [-0.1, -0.05) is 23.7 Å². The highest BCUT2D eigenvalue weighted by atomic mass is 35.5. The van der Waals surface area contributed by atoms with Gasteiger partial charge in [0.15, 0.2) is 0 Å². The third-order valence-electron chi connectivity index (χ3n) is 2.73. The molecular formula is C15H22ClNO3S. The lowest BCUT2D eigenvalue weighted by molar-refractivity contribution is -0.145. The van der Waals surface area contributed by atoms with Gasteiger partial charge in [0, 0.05) is 5.02 Å². The standard InChI is InChI=1S/C15H22ClNO3S/c1-5-20-14(18)13(17-21(19)15(2,3)4)10-11-6-8-12(16)9-7-11/h6-9,13,17H,5,10H2,1-4H3/t13-,21?/m1/s1. The highest BCUT2D eigenvalue weighted by Gasteiger charge is 2.27. The molecule has 0 saturated heterocycles. The molecule has 0 aliphatic rings. The molecule has 0 bridgehead atoms. The van der Waals surface area contributed by atoms with Gasteiger partial charge in [-0.15, -0.1) is 0 Å². The molecule has 21 heavy (non-hydrogen) atoms. The minimum Gasteiger partial charge on any atom is -0.465 e. The monoisotopic (exact) mass is 331 g/mol. The van der Waals surface area contributed by atoms with Crippen LogP contribution in [0.4, 0.5) is 0 Å². The molecule has 1 aromatic rings. The molecule has 0 saturated carbocycles. The third kappa shape index (κ3) is 6.16. The van der Waals surface area contributed by atoms with Gasteiger partial charge in [-0.2, -0.15) is 0 Å². The summed E-state index contributed by atoms with van der Waals surface area (Å²) >= 11 is 5.85. The van der Waals surface area contributed by atoms with E-state index in [0.29, 0.717) is 18.1 Å². The smallest absolute Gasteiger partial charge is 0.324 e. The molecule has 0 spiro atoms. The van der Waals surface area contributed by atoms with Crippen molar-refractivity contribution in [3.8, 4) is 0 Å². The van der Waals surface area contributed by atoms with Crippen LogP contribution in [0.1, 0.15) is 33.3 Å². The summed E-state index contributed by atoms with van der Waals surface area (Å²) in [6.45, 7) is 7.58. The largest absolute Gasteiger partial charge is 0.465 e. The lowest BCUT2D eigenvalue weighted by atomic mass is 10.1. The minimum atomic E-state index is -1.35. The maximum atomic E-state index is 12.2. The first-order valence-corrected chi connectivity index (χ1v) is 8.36. The van der Waals surface area contributed by atoms with Crippen LogP contribution in [-0.2, 0) is 26.9 Å². The Kier molecular flexibility index (Phi) is 6.84. The molecular weight excluding hydrogens is 310 g/mol. The van der Waals surface area contributed by atoms with Gasteiger partial charge in [-0.25, -0.2) is 8.93 Å². The van der Waals surface area contributed by atoms with Crippen molar-refractivity contribution in [2.75, 3.05) is 6.61 Å². The van der Waals surface area contributed by atoms with Crippen molar-refractivity contribution in [3.63, 3.8) is 0 Å². The summed E-state index contributed by atoms with van der Waals surface area (Å²) in [5.74, 6) is -0.398. The molecule has 0 aromatic heterocycles. The molecule has 0 aliphatic heterocycles. The second-order valence-electron chi connectivity index (χ2n) is 5.63. The van der Waals surface area contributed by atoms with Crippen molar-refractivity contribution in [1.29, 1.82) is 0 Å². The van der Waals surface area contributed by atoms with E-state index >= 15 is 0 Å². The van der Waals surface area contributed by atoms with Gasteiger partial charge in [0.05, 0.1) is 22.3 Å². The van der Waals surface area contributed by atoms with Crippen LogP contribution in [0.25, 0.3) is 0 Å². The highest BCUT2D eigenvalue weighted by Crippen LogP contribution is 2.14. The van der Waals surface area contributed by atoms with E-state index in [1.165, 1.54) is 0 Å². The van der Waals surface area contributed by atoms with Gasteiger partial charge >= 0.3 is 5.97 Å². The number of nitrogens with one attached hydrogen (secondary N) is 1. The van der Waals surface area contributed by atoms with Crippen molar-refractivity contribution < 1.29 is 13.7 Å². The lowest BCUT2D eigenvalue weighted by Crippen LogP contribution is -2.45. The number of benzene rings is 1. The Labute approximate surface area is 133 Å². The molecule has 6 heteroatoms. The topological polar surface area (TPSA) is 55.4 Å². The summed E-state index contributed by atoms with van der Waals surface area (Å²) in [7, 11) is -1.35. The van der Waals surface area contributed by atoms with Crippen molar-refractivity contribution in [2.24, 2.45) is 0 Å². The van der Waals surface area contributed by atoms with E-state index in [1.54, 1.807) is 19.1 Å². The molecule has 0 heterocycles. The summed E-state index contributed by atoms with van der Waals surface area (Å²) in [4.78, 5) is 12.0. The number of hydrogen-bond acceptors (Lipinski definition) is 3. The lowest BCUT2D eigenvalue weighted by Gasteiger charge is -2.23. The van der Waals surface area contributed by atoms with E-state index in [4.69, 9.17) is 16.3 Å². The van der Waals surface area contributed by atoms with E-state index in [2.05, 4.69) is 4.72 Å². The predicted octanol–water partition coefficient (Wildman–Crippen LogP) is 2.87. The first kappa shape index (κ1) is 18.1. The Morgan fingerprint density at radius 2 is 1.90 bits per heavy atom. The molecule has 1 aromatic carbocycles. The summed E-state index contributed by atoms with van der Waals surface area (Å²) in [6, 6.07) is 6.57. The van der Waals surface area contributed by atoms with E-state index in [1.807, 2.05) is 32.9 Å². The van der Waals surface area contributed by atoms with Crippen LogP contribution in [0.15, 0.2) is 24.3 Å². The quantitative estimate of drug-likeness (QED) is 0.815. The maximum absolute atomic E-state index is 12.2. The van der Waals surface area contributed by atoms with Crippen LogP contribution in [0.3, 0.4) is 0 Å². The number of esters is 1. The number of rotatable bonds is 6. The Balaban J connectivity index is 2.84. The molecule has 1 rings (SSSR count). The van der Waals surface area contributed by atoms with Crippen molar-refractivity contribution >= 4 is 28.6 Å². The molecule has 0 aliphatic carbocycles. The average Bonchev–Trinajstić information content (AvgIpc) is 2.39. The first-order chi connectivity index (χ1) is 9.74. The van der Waals surface area contributed by atoms with Crippen LogP contribution in [0.2, 0.25) is 5.02 Å². The maximum Gasteiger partial charge on any atom is 0.324 e. The zero-order valence-corrected chi connectivity index (χ0v) is 14.4. The molecule has 2 atom stereocenters. The van der Waals surface area contributed by atoms with Gasteiger partial charge in [0.25, 0.3) is 0 Å². The first-order valence-electron chi connectivity index (χ1n) is 6.83. The Bertz CT molecular complexity index is 497. The normalized spacial score (nSPS) is 14.5. The SMILES string of the molecule is CCOC(=O)[C@@H](Cc1ccc(Cl)cc1)NS(=O)C(C)(C)C. The number of hydrogen-bond donors (Lipinski definition) is 1. The second-order valence-corrected chi connectivity index (χ2v) is 8.07. The van der Waals surface area contributed by atoms with Crippen molar-refractivity contribution in [2.45, 2.75) is 44.9 Å². The third-order valence-corrected chi connectivity index (χ3v) is 4.59. The van der Waals surface area contributed by atoms with Gasteiger partial charge in [-0.05, 0) is 51.8 Å². The number of carbonyl (C=O) groups excluding carboxylic acids is 1. The van der Waals surface area contributed by atoms with Crippen LogP contribution in [0.5, 0.6) is 0 Å². The molecule has 0 fully saturated rings. The van der Waals surface area contributed by atoms with Gasteiger partial charge in [0.2, 0.25) is 0 Å². The summed E-state index contributed by atoms with van der Waals surface area (Å²) < 4.78 is 19.7. The number of carbonyl (C=O) groups is 1. The zero-order chi connectivity index (χ0) is 16.0. The van der Waals surface area contributed by atoms with Crippen LogP contribution < -0.4 is 4.72 Å². The molecule has 0 amide bonds. The summed E-state index contributed by atoms with van der Waals surface area (Å²) in [6.07, 6.45) is 0.401. The van der Waals surface area contributed by atoms with E-state index in [-0.39, 0.29) is 0 Å². The Morgan fingerprint density at radius 1 is 1.33 bits per heavy atom. The molecule has 1 unspecified atom stereocenters. The molecule has 1 N–H and O–H groups in total. The van der Waals surface area contributed by atoms with Crippen LogP contribution >= 0.6 is 11.6 Å². The van der Waals surface area contributed by atoms with E-state index in [0.717, 1.165) is 5.56 Å². The number of halogens is 1. The summed E-state index contributed by atoms with van der Waals surface area (Å²) in [5, 5.41) is 0.637. The minimum absolute atomic E-state index is 0.291. The van der Waals surface area contributed by atoms with Crippen molar-refractivity contribution in [3.05, 3.63) is 34.9 Å². The fourth-order valence-corrected chi connectivity index (χ4v) is 2.50. The van der Waals surface area contributed by atoms with Gasteiger partial charge in [0.1, 0.15) is 6.04 Å². The average molecular weight is 332 g/mol. The Hall–Kier alpha value is -0.910. The second kappa shape index (κ2) is 7.92. The van der Waals surface area contributed by atoms with E-state index in [9.17, 15) is 9.00 Å². The summed E-state index contributed by atoms with van der Waals surface area (Å²) in [5.41, 5.74) is 0.927. The van der Waals surface area contributed by atoms with Gasteiger partial charge < -0.3 is 4.74 Å². The number of ether oxygens (including phenoxy) is 1. The fourth-order valence-electron chi connectivity index (χ4n) is 1.58. The predicted molar refractivity (Wildman–Crippen MR) is 86.6 cm³/mol.